The molecule has 0 aromatic heterocycles. The Hall–Kier alpha value is -2.14. The van der Waals surface area contributed by atoms with Crippen molar-refractivity contribution in [3.63, 3.8) is 0 Å². The largest absolute Gasteiger partial charge is 0.493 e. The first kappa shape index (κ1) is 23.0. The Kier molecular flexibility index (Phi) is 7.67. The molecule has 32 heavy (non-hydrogen) atoms. The van der Waals surface area contributed by atoms with E-state index in [0.29, 0.717) is 0 Å². The summed E-state index contributed by atoms with van der Waals surface area (Å²) in [5.74, 6) is 1.16. The molecule has 0 saturated carbocycles. The van der Waals surface area contributed by atoms with Crippen LogP contribution in [-0.4, -0.2) is 36.2 Å². The van der Waals surface area contributed by atoms with Crippen LogP contribution in [0.15, 0.2) is 83.3 Å². The van der Waals surface area contributed by atoms with Gasteiger partial charge >= 0.3 is 0 Å². The number of ether oxygens (including phenoxy) is 1. The quantitative estimate of drug-likeness (QED) is 0.380. The SMILES string of the molecule is Cc1cc(Br)ccc1OCCCN1CCC(C(O)(c2ccccc2)c2ccccc2)CC1. The topological polar surface area (TPSA) is 32.7 Å². The summed E-state index contributed by atoms with van der Waals surface area (Å²) in [4.78, 5) is 2.50. The van der Waals surface area contributed by atoms with Gasteiger partial charge in [-0.1, -0.05) is 76.6 Å². The molecule has 0 atom stereocenters. The van der Waals surface area contributed by atoms with Gasteiger partial charge in [0, 0.05) is 11.0 Å². The molecule has 0 aliphatic carbocycles. The number of aliphatic hydroxyl groups is 1. The van der Waals surface area contributed by atoms with Crippen molar-refractivity contribution in [2.75, 3.05) is 26.2 Å². The molecule has 0 unspecified atom stereocenters. The van der Waals surface area contributed by atoms with Crippen molar-refractivity contribution < 1.29 is 9.84 Å². The van der Waals surface area contributed by atoms with E-state index in [1.54, 1.807) is 0 Å². The Morgan fingerprint density at radius 1 is 0.938 bits per heavy atom. The second-order valence-electron chi connectivity index (χ2n) is 8.73. The molecule has 1 saturated heterocycles. The number of hydrogen-bond acceptors (Lipinski definition) is 3. The Labute approximate surface area is 200 Å². The normalized spacial score (nSPS) is 15.6. The first-order valence-electron chi connectivity index (χ1n) is 11.5. The zero-order valence-corrected chi connectivity index (χ0v) is 20.3. The van der Waals surface area contributed by atoms with E-state index in [2.05, 4.69) is 58.1 Å². The molecule has 3 aromatic rings. The number of hydrogen-bond donors (Lipinski definition) is 1. The van der Waals surface area contributed by atoms with Crippen molar-refractivity contribution in [3.05, 3.63) is 100 Å². The Morgan fingerprint density at radius 3 is 2.09 bits per heavy atom. The van der Waals surface area contributed by atoms with Crippen molar-refractivity contribution in [2.45, 2.75) is 31.8 Å². The van der Waals surface area contributed by atoms with Crippen LogP contribution in [0.2, 0.25) is 0 Å². The number of piperidine rings is 1. The highest BCUT2D eigenvalue weighted by Crippen LogP contribution is 2.41. The zero-order chi connectivity index (χ0) is 22.4. The minimum absolute atomic E-state index is 0.199. The first-order valence-corrected chi connectivity index (χ1v) is 12.3. The van der Waals surface area contributed by atoms with Crippen LogP contribution in [0.4, 0.5) is 0 Å². The monoisotopic (exact) mass is 493 g/mol. The van der Waals surface area contributed by atoms with Crippen LogP contribution in [0.5, 0.6) is 5.75 Å². The van der Waals surface area contributed by atoms with Gasteiger partial charge in [-0.05, 0) is 80.1 Å². The molecule has 4 heteroatoms. The molecule has 0 spiro atoms. The van der Waals surface area contributed by atoms with Crippen molar-refractivity contribution in [1.82, 2.24) is 4.90 Å². The summed E-state index contributed by atoms with van der Waals surface area (Å²) in [5, 5.41) is 12.0. The van der Waals surface area contributed by atoms with Gasteiger partial charge in [0.25, 0.3) is 0 Å². The molecular formula is C28H32BrNO2. The summed E-state index contributed by atoms with van der Waals surface area (Å²) < 4.78 is 7.07. The van der Waals surface area contributed by atoms with Crippen LogP contribution in [0.25, 0.3) is 0 Å². The van der Waals surface area contributed by atoms with E-state index < -0.39 is 5.60 Å². The van der Waals surface area contributed by atoms with Crippen molar-refractivity contribution >= 4 is 15.9 Å². The fourth-order valence-corrected chi connectivity index (χ4v) is 5.32. The zero-order valence-electron chi connectivity index (χ0n) is 18.7. The fraction of sp³-hybridized carbons (Fsp3) is 0.357. The van der Waals surface area contributed by atoms with Crippen LogP contribution in [0.1, 0.15) is 36.0 Å². The lowest BCUT2D eigenvalue weighted by Crippen LogP contribution is -2.44. The highest BCUT2D eigenvalue weighted by atomic mass is 79.9. The Balaban J connectivity index is 1.33. The van der Waals surface area contributed by atoms with Gasteiger partial charge in [0.1, 0.15) is 11.4 Å². The number of nitrogens with zero attached hydrogens (tertiary/aromatic N) is 1. The maximum atomic E-state index is 12.0. The van der Waals surface area contributed by atoms with Crippen molar-refractivity contribution in [3.8, 4) is 5.75 Å². The molecule has 1 N–H and O–H groups in total. The number of rotatable bonds is 8. The molecule has 1 heterocycles. The minimum atomic E-state index is -0.948. The third-order valence-corrected chi connectivity index (χ3v) is 7.11. The van der Waals surface area contributed by atoms with Gasteiger partial charge in [-0.2, -0.15) is 0 Å². The summed E-state index contributed by atoms with van der Waals surface area (Å²) in [6.07, 6.45) is 2.96. The van der Waals surface area contributed by atoms with Crippen LogP contribution in [0, 0.1) is 12.8 Å². The molecular weight excluding hydrogens is 462 g/mol. The van der Waals surface area contributed by atoms with Gasteiger partial charge in [-0.25, -0.2) is 0 Å². The maximum Gasteiger partial charge on any atom is 0.122 e. The predicted molar refractivity (Wildman–Crippen MR) is 134 cm³/mol. The summed E-state index contributed by atoms with van der Waals surface area (Å²) in [7, 11) is 0. The van der Waals surface area contributed by atoms with Crippen molar-refractivity contribution in [1.29, 1.82) is 0 Å². The second-order valence-corrected chi connectivity index (χ2v) is 9.64. The first-order chi connectivity index (χ1) is 15.6. The lowest BCUT2D eigenvalue weighted by atomic mass is 9.72. The van der Waals surface area contributed by atoms with Crippen LogP contribution < -0.4 is 4.74 Å². The molecule has 0 amide bonds. The lowest BCUT2D eigenvalue weighted by Gasteiger charge is -2.42. The minimum Gasteiger partial charge on any atom is -0.493 e. The van der Waals surface area contributed by atoms with Gasteiger partial charge in [0.05, 0.1) is 6.61 Å². The third kappa shape index (κ3) is 5.25. The second kappa shape index (κ2) is 10.7. The van der Waals surface area contributed by atoms with E-state index in [1.165, 1.54) is 0 Å². The number of aryl methyl sites for hydroxylation is 1. The number of benzene rings is 3. The standard InChI is InChI=1S/C28H32BrNO2/c1-22-21-26(29)13-14-27(22)32-20-8-17-30-18-15-25(16-19-30)28(31,23-9-4-2-5-10-23)24-11-6-3-7-12-24/h2-7,9-14,21,25,31H,8,15-20H2,1H3. The fourth-order valence-electron chi connectivity index (χ4n) is 4.84. The highest BCUT2D eigenvalue weighted by molar-refractivity contribution is 9.10. The van der Waals surface area contributed by atoms with Gasteiger partial charge in [0.15, 0.2) is 0 Å². The van der Waals surface area contributed by atoms with Crippen LogP contribution in [-0.2, 0) is 5.60 Å². The van der Waals surface area contributed by atoms with Gasteiger partial charge in [-0.3, -0.25) is 0 Å². The van der Waals surface area contributed by atoms with Gasteiger partial charge in [0.2, 0.25) is 0 Å². The molecule has 1 aliphatic heterocycles. The molecule has 0 bridgehead atoms. The molecule has 0 radical (unpaired) electrons. The Bertz CT molecular complexity index is 945. The molecule has 1 fully saturated rings. The smallest absolute Gasteiger partial charge is 0.122 e. The third-order valence-electron chi connectivity index (χ3n) is 6.62. The van der Waals surface area contributed by atoms with E-state index in [1.807, 2.05) is 48.5 Å². The molecule has 4 rings (SSSR count). The van der Waals surface area contributed by atoms with E-state index in [-0.39, 0.29) is 5.92 Å². The number of halogens is 1. The van der Waals surface area contributed by atoms with Crippen molar-refractivity contribution in [2.24, 2.45) is 5.92 Å². The summed E-state index contributed by atoms with van der Waals surface area (Å²) in [6, 6.07) is 26.5. The van der Waals surface area contributed by atoms with Crippen LogP contribution >= 0.6 is 15.9 Å². The highest BCUT2D eigenvalue weighted by Gasteiger charge is 2.41. The van der Waals surface area contributed by atoms with E-state index in [9.17, 15) is 5.11 Å². The molecule has 168 valence electrons. The summed E-state index contributed by atoms with van der Waals surface area (Å²) in [6.45, 7) is 5.83. The lowest BCUT2D eigenvalue weighted by molar-refractivity contribution is -0.0146. The maximum absolute atomic E-state index is 12.0. The average Bonchev–Trinajstić information content (AvgIpc) is 2.84. The molecule has 3 nitrogen and oxygen atoms in total. The molecule has 3 aromatic carbocycles. The average molecular weight is 494 g/mol. The number of likely N-dealkylation sites (tertiary alicyclic amines) is 1. The Morgan fingerprint density at radius 2 is 1.53 bits per heavy atom. The van der Waals surface area contributed by atoms with Gasteiger partial charge < -0.3 is 14.7 Å². The van der Waals surface area contributed by atoms with E-state index >= 15 is 0 Å². The van der Waals surface area contributed by atoms with E-state index in [4.69, 9.17) is 4.74 Å². The van der Waals surface area contributed by atoms with Gasteiger partial charge in [-0.15, -0.1) is 0 Å². The van der Waals surface area contributed by atoms with Crippen LogP contribution in [0.3, 0.4) is 0 Å². The van der Waals surface area contributed by atoms with E-state index in [0.717, 1.165) is 72.4 Å². The molecule has 1 aliphatic rings. The summed E-state index contributed by atoms with van der Waals surface area (Å²) >= 11 is 3.50. The summed E-state index contributed by atoms with van der Waals surface area (Å²) in [5.41, 5.74) is 2.18. The predicted octanol–water partition coefficient (Wildman–Crippen LogP) is 6.17.